The van der Waals surface area contributed by atoms with Crippen molar-refractivity contribution in [2.45, 2.75) is 0 Å². The Balaban J connectivity index is 2.37. The van der Waals surface area contributed by atoms with Crippen LogP contribution in [0.2, 0.25) is 5.02 Å². The molecular weight excluding hydrogens is 277 g/mol. The summed E-state index contributed by atoms with van der Waals surface area (Å²) in [5, 5.41) is 11.3. The third kappa shape index (κ3) is 2.80. The number of nitriles is 1. The highest BCUT2D eigenvalue weighted by molar-refractivity contribution is 6.32. The molecule has 0 amide bonds. The van der Waals surface area contributed by atoms with Crippen molar-refractivity contribution in [2.24, 2.45) is 0 Å². The van der Waals surface area contributed by atoms with Crippen LogP contribution in [0.5, 0.6) is 0 Å². The molecule has 0 aromatic heterocycles. The zero-order valence-electron chi connectivity index (χ0n) is 9.35. The fourth-order valence-corrected chi connectivity index (χ4v) is 1.71. The Morgan fingerprint density at radius 1 is 1.05 bits per heavy atom. The van der Waals surface area contributed by atoms with Crippen LogP contribution in [0.15, 0.2) is 30.3 Å². The van der Waals surface area contributed by atoms with Crippen molar-refractivity contribution < 1.29 is 13.2 Å². The van der Waals surface area contributed by atoms with Gasteiger partial charge in [-0.15, -0.1) is 0 Å². The molecule has 19 heavy (non-hydrogen) atoms. The maximum Gasteiger partial charge on any atom is 0.152 e. The van der Waals surface area contributed by atoms with Crippen LogP contribution < -0.4 is 5.32 Å². The molecule has 0 aliphatic rings. The number of rotatable bonds is 2. The molecule has 0 bridgehead atoms. The number of anilines is 2. The third-order valence-electron chi connectivity index (χ3n) is 2.37. The molecule has 96 valence electrons. The van der Waals surface area contributed by atoms with E-state index in [4.69, 9.17) is 16.9 Å². The van der Waals surface area contributed by atoms with Crippen molar-refractivity contribution >= 4 is 23.0 Å². The van der Waals surface area contributed by atoms with E-state index < -0.39 is 23.1 Å². The Hall–Kier alpha value is -2.19. The number of halogens is 4. The summed E-state index contributed by atoms with van der Waals surface area (Å²) in [6, 6.07) is 7.18. The average molecular weight is 283 g/mol. The van der Waals surface area contributed by atoms with Gasteiger partial charge in [-0.25, -0.2) is 13.2 Å². The summed E-state index contributed by atoms with van der Waals surface area (Å²) in [5.74, 6) is -3.12. The predicted octanol–water partition coefficient (Wildman–Crippen LogP) is 4.37. The molecule has 0 aliphatic heterocycles. The summed E-state index contributed by atoms with van der Waals surface area (Å²) in [5.41, 5.74) is 0.0443. The minimum Gasteiger partial charge on any atom is -0.351 e. The summed E-state index contributed by atoms with van der Waals surface area (Å²) < 4.78 is 39.6. The lowest BCUT2D eigenvalue weighted by Gasteiger charge is -2.09. The highest BCUT2D eigenvalue weighted by Gasteiger charge is 2.12. The van der Waals surface area contributed by atoms with Gasteiger partial charge in [-0.2, -0.15) is 5.26 Å². The van der Waals surface area contributed by atoms with Crippen molar-refractivity contribution in [1.82, 2.24) is 0 Å². The third-order valence-corrected chi connectivity index (χ3v) is 2.68. The summed E-state index contributed by atoms with van der Waals surface area (Å²) in [4.78, 5) is 0. The molecule has 0 saturated heterocycles. The van der Waals surface area contributed by atoms with E-state index in [9.17, 15) is 13.2 Å². The molecule has 0 heterocycles. The van der Waals surface area contributed by atoms with Gasteiger partial charge in [0.15, 0.2) is 11.6 Å². The van der Waals surface area contributed by atoms with Crippen molar-refractivity contribution in [3.8, 4) is 6.07 Å². The molecule has 0 spiro atoms. The van der Waals surface area contributed by atoms with E-state index in [2.05, 4.69) is 5.32 Å². The highest BCUT2D eigenvalue weighted by atomic mass is 35.5. The van der Waals surface area contributed by atoms with Gasteiger partial charge >= 0.3 is 0 Å². The Bertz CT molecular complexity index is 657. The fourth-order valence-electron chi connectivity index (χ4n) is 1.49. The highest BCUT2D eigenvalue weighted by Crippen LogP contribution is 2.27. The van der Waals surface area contributed by atoms with Gasteiger partial charge in [-0.05, 0) is 18.2 Å². The zero-order valence-corrected chi connectivity index (χ0v) is 10.1. The SMILES string of the molecule is N#Cc1ccc(Nc2c(F)cc(F)cc2F)cc1Cl. The van der Waals surface area contributed by atoms with Gasteiger partial charge < -0.3 is 5.32 Å². The molecule has 0 fully saturated rings. The van der Waals surface area contributed by atoms with Gasteiger partial charge in [-0.3, -0.25) is 0 Å². The minimum atomic E-state index is -1.06. The summed E-state index contributed by atoms with van der Waals surface area (Å²) in [6.07, 6.45) is 0. The van der Waals surface area contributed by atoms with Crippen LogP contribution in [-0.4, -0.2) is 0 Å². The number of hydrogen-bond acceptors (Lipinski definition) is 2. The maximum atomic E-state index is 13.4. The summed E-state index contributed by atoms with van der Waals surface area (Å²) in [7, 11) is 0. The molecule has 2 aromatic rings. The van der Waals surface area contributed by atoms with E-state index in [1.807, 2.05) is 6.07 Å². The molecule has 0 aliphatic carbocycles. The molecule has 2 rings (SSSR count). The Kier molecular flexibility index (Phi) is 3.63. The van der Waals surface area contributed by atoms with Gasteiger partial charge in [0.1, 0.15) is 17.6 Å². The van der Waals surface area contributed by atoms with Crippen LogP contribution in [0.3, 0.4) is 0 Å². The molecular formula is C13H6ClF3N2. The van der Waals surface area contributed by atoms with Crippen LogP contribution in [0.4, 0.5) is 24.5 Å². The number of nitrogens with zero attached hydrogens (tertiary/aromatic N) is 1. The van der Waals surface area contributed by atoms with Crippen molar-refractivity contribution in [3.63, 3.8) is 0 Å². The largest absolute Gasteiger partial charge is 0.351 e. The van der Waals surface area contributed by atoms with E-state index in [1.165, 1.54) is 18.2 Å². The van der Waals surface area contributed by atoms with Crippen molar-refractivity contribution in [2.75, 3.05) is 5.32 Å². The molecule has 1 N–H and O–H groups in total. The van der Waals surface area contributed by atoms with E-state index in [1.54, 1.807) is 0 Å². The van der Waals surface area contributed by atoms with Crippen LogP contribution in [-0.2, 0) is 0 Å². The minimum absolute atomic E-state index is 0.149. The molecule has 6 heteroatoms. The molecule has 0 unspecified atom stereocenters. The standard InChI is InChI=1S/C13H6ClF3N2/c14-10-5-9(2-1-7(10)6-18)19-13-11(16)3-8(15)4-12(13)17/h1-5,19H. The maximum absolute atomic E-state index is 13.4. The fraction of sp³-hybridized carbons (Fsp3) is 0. The van der Waals surface area contributed by atoms with E-state index in [-0.39, 0.29) is 16.3 Å². The molecule has 0 atom stereocenters. The van der Waals surface area contributed by atoms with Gasteiger partial charge in [0.05, 0.1) is 10.6 Å². The zero-order chi connectivity index (χ0) is 14.0. The van der Waals surface area contributed by atoms with Gasteiger partial charge in [0, 0.05) is 17.8 Å². The lowest BCUT2D eigenvalue weighted by atomic mass is 10.2. The van der Waals surface area contributed by atoms with Crippen LogP contribution in [0, 0.1) is 28.8 Å². The lowest BCUT2D eigenvalue weighted by molar-refractivity contribution is 0.549. The van der Waals surface area contributed by atoms with E-state index in [0.717, 1.165) is 0 Å². The second-order valence-corrected chi connectivity index (χ2v) is 4.08. The normalized spacial score (nSPS) is 10.1. The van der Waals surface area contributed by atoms with Crippen LogP contribution >= 0.6 is 11.6 Å². The average Bonchev–Trinajstić information content (AvgIpc) is 2.34. The second-order valence-electron chi connectivity index (χ2n) is 3.68. The molecule has 0 saturated carbocycles. The summed E-state index contributed by atoms with van der Waals surface area (Å²) in [6.45, 7) is 0. The predicted molar refractivity (Wildman–Crippen MR) is 65.8 cm³/mol. The van der Waals surface area contributed by atoms with Crippen molar-refractivity contribution in [3.05, 3.63) is 58.4 Å². The van der Waals surface area contributed by atoms with Crippen LogP contribution in [0.1, 0.15) is 5.56 Å². The molecule has 0 radical (unpaired) electrons. The monoisotopic (exact) mass is 282 g/mol. The first-order valence-corrected chi connectivity index (χ1v) is 5.50. The first kappa shape index (κ1) is 13.2. The topological polar surface area (TPSA) is 35.8 Å². The Labute approximate surface area is 112 Å². The van der Waals surface area contributed by atoms with Gasteiger partial charge in [0.25, 0.3) is 0 Å². The number of hydrogen-bond donors (Lipinski definition) is 1. The number of benzene rings is 2. The summed E-state index contributed by atoms with van der Waals surface area (Å²) >= 11 is 5.79. The smallest absolute Gasteiger partial charge is 0.152 e. The number of nitrogens with one attached hydrogen (secondary N) is 1. The van der Waals surface area contributed by atoms with Crippen molar-refractivity contribution in [1.29, 1.82) is 5.26 Å². The second kappa shape index (κ2) is 5.21. The first-order chi connectivity index (χ1) is 9.01. The van der Waals surface area contributed by atoms with Crippen LogP contribution in [0.25, 0.3) is 0 Å². The quantitative estimate of drug-likeness (QED) is 0.887. The Morgan fingerprint density at radius 2 is 1.68 bits per heavy atom. The van der Waals surface area contributed by atoms with E-state index >= 15 is 0 Å². The first-order valence-electron chi connectivity index (χ1n) is 5.12. The molecule has 2 aromatic carbocycles. The lowest BCUT2D eigenvalue weighted by Crippen LogP contribution is -1.99. The van der Waals surface area contributed by atoms with E-state index in [0.29, 0.717) is 12.1 Å². The Morgan fingerprint density at radius 3 is 2.21 bits per heavy atom. The molecule has 2 nitrogen and oxygen atoms in total. The van der Waals surface area contributed by atoms with Gasteiger partial charge in [-0.1, -0.05) is 11.6 Å². The van der Waals surface area contributed by atoms with Gasteiger partial charge in [0.2, 0.25) is 0 Å².